The Morgan fingerprint density at radius 1 is 1.28 bits per heavy atom. The first-order valence-corrected chi connectivity index (χ1v) is 9.37. The number of alkyl halides is 3. The highest BCUT2D eigenvalue weighted by Gasteiger charge is 2.39. The zero-order valence-electron chi connectivity index (χ0n) is 15.8. The first-order chi connectivity index (χ1) is 13.9. The topological polar surface area (TPSA) is 84.0 Å². The third-order valence-corrected chi connectivity index (χ3v) is 4.88. The Morgan fingerprint density at radius 3 is 2.83 bits per heavy atom. The van der Waals surface area contributed by atoms with Crippen LogP contribution in [0.3, 0.4) is 0 Å². The van der Waals surface area contributed by atoms with E-state index < -0.39 is 11.9 Å². The van der Waals surface area contributed by atoms with Crippen LogP contribution in [0.1, 0.15) is 25.5 Å². The number of imidazole rings is 1. The van der Waals surface area contributed by atoms with E-state index in [2.05, 4.69) is 20.3 Å². The van der Waals surface area contributed by atoms with E-state index in [1.165, 1.54) is 12.4 Å². The summed E-state index contributed by atoms with van der Waals surface area (Å²) < 4.78 is 43.3. The van der Waals surface area contributed by atoms with Crippen LogP contribution in [0.4, 0.5) is 19.0 Å². The average Bonchev–Trinajstić information content (AvgIpc) is 3.32. The minimum atomic E-state index is -4.61. The minimum absolute atomic E-state index is 0.0147. The Bertz CT molecular complexity index is 1140. The Hall–Kier alpha value is -3.07. The normalized spacial score (nSPS) is 13.3. The smallest absolute Gasteiger partial charge is 0.365 e. The van der Waals surface area contributed by atoms with Crippen LogP contribution in [0.5, 0.6) is 0 Å². The van der Waals surface area contributed by atoms with Gasteiger partial charge in [0, 0.05) is 41.1 Å². The van der Waals surface area contributed by atoms with E-state index in [0.717, 1.165) is 22.8 Å². The Morgan fingerprint density at radius 2 is 2.07 bits per heavy atom. The third-order valence-electron chi connectivity index (χ3n) is 4.88. The van der Waals surface area contributed by atoms with Crippen LogP contribution >= 0.6 is 0 Å². The van der Waals surface area contributed by atoms with Crippen LogP contribution in [0.2, 0.25) is 0 Å². The van der Waals surface area contributed by atoms with Crippen molar-refractivity contribution in [2.24, 2.45) is 5.73 Å². The van der Waals surface area contributed by atoms with Crippen molar-refractivity contribution in [3.8, 4) is 11.3 Å². The summed E-state index contributed by atoms with van der Waals surface area (Å²) >= 11 is 0. The maximum Gasteiger partial charge on any atom is 0.433 e. The van der Waals surface area contributed by atoms with Gasteiger partial charge in [-0.25, -0.2) is 9.97 Å². The molecule has 4 rings (SSSR count). The minimum Gasteiger partial charge on any atom is -0.365 e. The van der Waals surface area contributed by atoms with Crippen LogP contribution in [-0.2, 0) is 6.18 Å². The van der Waals surface area contributed by atoms with Gasteiger partial charge in [-0.15, -0.1) is 0 Å². The van der Waals surface area contributed by atoms with Crippen molar-refractivity contribution in [3.05, 3.63) is 48.5 Å². The molecule has 9 heteroatoms. The number of para-hydroxylation sites is 1. The summed E-state index contributed by atoms with van der Waals surface area (Å²) in [6.45, 7) is 2.49. The molecule has 152 valence electrons. The van der Waals surface area contributed by atoms with Crippen molar-refractivity contribution in [1.82, 2.24) is 19.4 Å². The number of hydrogen-bond donors (Lipinski definition) is 3. The molecule has 1 atom stereocenters. The number of nitrogens with two attached hydrogens (primary N) is 1. The number of anilines is 1. The quantitative estimate of drug-likeness (QED) is 0.445. The fourth-order valence-electron chi connectivity index (χ4n) is 3.54. The molecule has 0 aliphatic heterocycles. The molecule has 0 radical (unpaired) electrons. The Kier molecular flexibility index (Phi) is 4.91. The predicted molar refractivity (Wildman–Crippen MR) is 107 cm³/mol. The first-order valence-electron chi connectivity index (χ1n) is 9.37. The molecule has 0 bridgehead atoms. The summed E-state index contributed by atoms with van der Waals surface area (Å²) in [7, 11) is 0. The highest BCUT2D eigenvalue weighted by molar-refractivity contribution is 5.95. The monoisotopic (exact) mass is 402 g/mol. The molecule has 0 amide bonds. The number of hydrogen-bond acceptors (Lipinski definition) is 4. The molecule has 0 saturated carbocycles. The van der Waals surface area contributed by atoms with Crippen molar-refractivity contribution in [2.45, 2.75) is 32.0 Å². The maximum atomic E-state index is 14.1. The van der Waals surface area contributed by atoms with Gasteiger partial charge in [0.25, 0.3) is 0 Å². The lowest BCUT2D eigenvalue weighted by Gasteiger charge is -2.19. The summed E-state index contributed by atoms with van der Waals surface area (Å²) in [5.41, 5.74) is 5.84. The van der Waals surface area contributed by atoms with E-state index in [4.69, 9.17) is 5.73 Å². The SMILES string of the molecule is CC(CCCN)Nc1nc(-c2c[nH]c3ccccc23)c(C(F)(F)F)n2ccnc12. The second-order valence-electron chi connectivity index (χ2n) is 7.00. The number of nitrogens with one attached hydrogen (secondary N) is 2. The van der Waals surface area contributed by atoms with Crippen molar-refractivity contribution in [2.75, 3.05) is 11.9 Å². The number of benzene rings is 1. The lowest BCUT2D eigenvalue weighted by Crippen LogP contribution is -2.21. The maximum absolute atomic E-state index is 14.1. The molecule has 0 aliphatic carbocycles. The predicted octanol–water partition coefficient (Wildman–Crippen LogP) is 4.44. The van der Waals surface area contributed by atoms with Gasteiger partial charge in [0.1, 0.15) is 5.69 Å². The number of H-pyrrole nitrogens is 1. The number of aromatic nitrogens is 4. The van der Waals surface area contributed by atoms with Gasteiger partial charge in [-0.3, -0.25) is 4.40 Å². The number of fused-ring (bicyclic) bond motifs is 2. The van der Waals surface area contributed by atoms with E-state index in [-0.39, 0.29) is 17.4 Å². The molecule has 0 fully saturated rings. The Labute approximate surface area is 165 Å². The number of halogens is 3. The lowest BCUT2D eigenvalue weighted by molar-refractivity contribution is -0.141. The van der Waals surface area contributed by atoms with E-state index in [1.54, 1.807) is 18.3 Å². The molecular formula is C20H21F3N6. The molecule has 4 aromatic rings. The average molecular weight is 402 g/mol. The molecule has 6 nitrogen and oxygen atoms in total. The second kappa shape index (κ2) is 7.40. The molecule has 29 heavy (non-hydrogen) atoms. The zero-order valence-corrected chi connectivity index (χ0v) is 15.8. The molecule has 0 aliphatic rings. The van der Waals surface area contributed by atoms with Gasteiger partial charge in [-0.1, -0.05) is 18.2 Å². The number of aromatic amines is 1. The standard InChI is InChI=1S/C20H21F3N6/c1-12(5-4-8-24)27-18-19-25-9-10-29(19)17(20(21,22)23)16(28-18)14-11-26-15-7-3-2-6-13(14)15/h2-3,6-7,9-12,26H,4-5,8,24H2,1H3,(H,27,28). The van der Waals surface area contributed by atoms with Crippen LogP contribution in [-0.4, -0.2) is 31.9 Å². The number of rotatable bonds is 6. The highest BCUT2D eigenvalue weighted by Crippen LogP contribution is 2.40. The summed E-state index contributed by atoms with van der Waals surface area (Å²) in [5.74, 6) is 0.313. The number of nitrogens with zero attached hydrogens (tertiary/aromatic N) is 3. The largest absolute Gasteiger partial charge is 0.433 e. The van der Waals surface area contributed by atoms with E-state index in [1.807, 2.05) is 19.1 Å². The third kappa shape index (κ3) is 3.53. The summed E-state index contributed by atoms with van der Waals surface area (Å²) in [4.78, 5) is 11.6. The van der Waals surface area contributed by atoms with Crippen LogP contribution in [0, 0.1) is 0 Å². The zero-order chi connectivity index (χ0) is 20.6. The highest BCUT2D eigenvalue weighted by atomic mass is 19.4. The van der Waals surface area contributed by atoms with Crippen molar-refractivity contribution in [1.29, 1.82) is 0 Å². The van der Waals surface area contributed by atoms with E-state index in [0.29, 0.717) is 23.3 Å². The molecule has 3 aromatic heterocycles. The lowest BCUT2D eigenvalue weighted by atomic mass is 10.1. The van der Waals surface area contributed by atoms with Crippen LogP contribution in [0.15, 0.2) is 42.9 Å². The molecular weight excluding hydrogens is 381 g/mol. The van der Waals surface area contributed by atoms with Gasteiger partial charge < -0.3 is 16.0 Å². The summed E-state index contributed by atoms with van der Waals surface area (Å²) in [6.07, 6.45) is 1.19. The summed E-state index contributed by atoms with van der Waals surface area (Å²) in [6, 6.07) is 7.19. The van der Waals surface area contributed by atoms with Gasteiger partial charge in [0.2, 0.25) is 0 Å². The van der Waals surface area contributed by atoms with Crippen LogP contribution in [0.25, 0.3) is 27.8 Å². The van der Waals surface area contributed by atoms with Gasteiger partial charge >= 0.3 is 6.18 Å². The molecule has 0 saturated heterocycles. The molecule has 3 heterocycles. The second-order valence-corrected chi connectivity index (χ2v) is 7.00. The first kappa shape index (κ1) is 19.3. The van der Waals surface area contributed by atoms with E-state index >= 15 is 0 Å². The van der Waals surface area contributed by atoms with Crippen LogP contribution < -0.4 is 11.1 Å². The Balaban J connectivity index is 1.94. The van der Waals surface area contributed by atoms with Crippen molar-refractivity contribution < 1.29 is 13.2 Å². The van der Waals surface area contributed by atoms with Crippen molar-refractivity contribution >= 4 is 22.4 Å². The van der Waals surface area contributed by atoms with Crippen molar-refractivity contribution in [3.63, 3.8) is 0 Å². The van der Waals surface area contributed by atoms with Gasteiger partial charge in [-0.05, 0) is 32.4 Å². The summed E-state index contributed by atoms with van der Waals surface area (Å²) in [5, 5.41) is 3.88. The fourth-order valence-corrected chi connectivity index (χ4v) is 3.54. The molecule has 1 unspecified atom stereocenters. The fraction of sp³-hybridized carbons (Fsp3) is 0.300. The van der Waals surface area contributed by atoms with Gasteiger partial charge in [-0.2, -0.15) is 13.2 Å². The molecule has 4 N–H and O–H groups in total. The van der Waals surface area contributed by atoms with E-state index in [9.17, 15) is 13.2 Å². The molecule has 1 aromatic carbocycles. The van der Waals surface area contributed by atoms with Gasteiger partial charge in [0.15, 0.2) is 17.2 Å². The van der Waals surface area contributed by atoms with Gasteiger partial charge in [0.05, 0.1) is 0 Å². The molecule has 0 spiro atoms.